The van der Waals surface area contributed by atoms with Crippen LogP contribution in [-0.4, -0.2) is 31.6 Å². The average molecular weight is 322 g/mol. The van der Waals surface area contributed by atoms with E-state index in [4.69, 9.17) is 9.47 Å². The van der Waals surface area contributed by atoms with Crippen molar-refractivity contribution in [3.8, 4) is 0 Å². The second-order valence-electron chi connectivity index (χ2n) is 6.50. The first-order valence-corrected chi connectivity index (χ1v) is 8.45. The van der Waals surface area contributed by atoms with Crippen molar-refractivity contribution in [2.75, 3.05) is 13.7 Å². The SMILES string of the molecule is COC1CC(=O)CC=CC=CC(C)C(C)CC1CCOC(C)=O. The zero-order valence-electron chi connectivity index (χ0n) is 14.8. The molecule has 0 aliphatic heterocycles. The molecule has 0 amide bonds. The molecule has 0 fully saturated rings. The minimum Gasteiger partial charge on any atom is -0.466 e. The summed E-state index contributed by atoms with van der Waals surface area (Å²) in [5, 5.41) is 0. The Bertz CT molecular complexity index is 439. The van der Waals surface area contributed by atoms with Crippen molar-refractivity contribution in [1.82, 2.24) is 0 Å². The van der Waals surface area contributed by atoms with Crippen molar-refractivity contribution in [1.29, 1.82) is 0 Å². The van der Waals surface area contributed by atoms with E-state index < -0.39 is 0 Å². The Morgan fingerprint density at radius 3 is 2.70 bits per heavy atom. The van der Waals surface area contributed by atoms with Crippen molar-refractivity contribution < 1.29 is 19.1 Å². The molecule has 0 aromatic carbocycles. The molecule has 0 N–H and O–H groups in total. The third-order valence-corrected chi connectivity index (χ3v) is 4.63. The molecular weight excluding hydrogens is 292 g/mol. The Morgan fingerprint density at radius 2 is 2.04 bits per heavy atom. The van der Waals surface area contributed by atoms with Crippen LogP contribution in [-0.2, 0) is 19.1 Å². The van der Waals surface area contributed by atoms with Crippen LogP contribution in [0.25, 0.3) is 0 Å². The summed E-state index contributed by atoms with van der Waals surface area (Å²) >= 11 is 0. The molecule has 1 aliphatic rings. The minimum absolute atomic E-state index is 0.121. The highest BCUT2D eigenvalue weighted by Gasteiger charge is 2.27. The molecule has 23 heavy (non-hydrogen) atoms. The molecule has 4 atom stereocenters. The average Bonchev–Trinajstić information content (AvgIpc) is 2.49. The summed E-state index contributed by atoms with van der Waals surface area (Å²) in [6, 6.07) is 0. The molecule has 1 aliphatic carbocycles. The smallest absolute Gasteiger partial charge is 0.302 e. The molecule has 0 bridgehead atoms. The van der Waals surface area contributed by atoms with E-state index in [1.165, 1.54) is 6.92 Å². The van der Waals surface area contributed by atoms with Crippen LogP contribution in [0.5, 0.6) is 0 Å². The molecule has 4 heteroatoms. The lowest BCUT2D eigenvalue weighted by Gasteiger charge is -2.29. The maximum absolute atomic E-state index is 12.1. The predicted octanol–water partition coefficient (Wildman–Crippen LogP) is 3.71. The highest BCUT2D eigenvalue weighted by molar-refractivity contribution is 5.80. The van der Waals surface area contributed by atoms with Gasteiger partial charge in [-0.05, 0) is 30.6 Å². The molecule has 0 saturated heterocycles. The summed E-state index contributed by atoms with van der Waals surface area (Å²) in [6.07, 6.45) is 10.5. The fourth-order valence-electron chi connectivity index (χ4n) is 2.96. The van der Waals surface area contributed by atoms with Gasteiger partial charge in [-0.25, -0.2) is 0 Å². The summed E-state index contributed by atoms with van der Waals surface area (Å²) in [6.45, 7) is 6.22. The van der Waals surface area contributed by atoms with Crippen LogP contribution < -0.4 is 0 Å². The number of ether oxygens (including phenoxy) is 2. The summed E-state index contributed by atoms with van der Waals surface area (Å²) < 4.78 is 10.7. The van der Waals surface area contributed by atoms with E-state index in [1.54, 1.807) is 7.11 Å². The maximum atomic E-state index is 12.1. The van der Waals surface area contributed by atoms with Gasteiger partial charge in [0.05, 0.1) is 12.7 Å². The number of allylic oxidation sites excluding steroid dienone is 4. The van der Waals surface area contributed by atoms with Crippen molar-refractivity contribution in [2.24, 2.45) is 17.8 Å². The number of methoxy groups -OCH3 is 1. The topological polar surface area (TPSA) is 52.6 Å². The molecule has 0 radical (unpaired) electrons. The molecule has 1 rings (SSSR count). The largest absolute Gasteiger partial charge is 0.466 e. The fourth-order valence-corrected chi connectivity index (χ4v) is 2.96. The molecule has 0 spiro atoms. The van der Waals surface area contributed by atoms with Crippen LogP contribution in [0.2, 0.25) is 0 Å². The van der Waals surface area contributed by atoms with E-state index in [0.717, 1.165) is 12.8 Å². The van der Waals surface area contributed by atoms with Gasteiger partial charge in [0.2, 0.25) is 0 Å². The van der Waals surface area contributed by atoms with Gasteiger partial charge in [0, 0.05) is 26.9 Å². The molecular formula is C19H30O4. The number of carbonyl (C=O) groups is 2. The summed E-state index contributed by atoms with van der Waals surface area (Å²) in [7, 11) is 1.66. The Kier molecular flexibility index (Phi) is 8.85. The normalized spacial score (nSPS) is 29.7. The van der Waals surface area contributed by atoms with Crippen molar-refractivity contribution in [2.45, 2.75) is 52.6 Å². The fraction of sp³-hybridized carbons (Fsp3) is 0.684. The quantitative estimate of drug-likeness (QED) is 0.740. The van der Waals surface area contributed by atoms with Gasteiger partial charge < -0.3 is 9.47 Å². The third kappa shape index (κ3) is 7.60. The van der Waals surface area contributed by atoms with E-state index in [-0.39, 0.29) is 23.8 Å². The Hall–Kier alpha value is -1.42. The lowest BCUT2D eigenvalue weighted by atomic mass is 9.81. The highest BCUT2D eigenvalue weighted by atomic mass is 16.5. The van der Waals surface area contributed by atoms with Crippen molar-refractivity contribution in [3.05, 3.63) is 24.3 Å². The number of carbonyl (C=O) groups excluding carboxylic acids is 2. The zero-order chi connectivity index (χ0) is 17.2. The second-order valence-corrected chi connectivity index (χ2v) is 6.50. The molecule has 0 saturated carbocycles. The van der Waals surface area contributed by atoms with E-state index in [2.05, 4.69) is 19.9 Å². The maximum Gasteiger partial charge on any atom is 0.302 e. The van der Waals surface area contributed by atoms with Crippen LogP contribution in [0.4, 0.5) is 0 Å². The van der Waals surface area contributed by atoms with Gasteiger partial charge in [-0.2, -0.15) is 0 Å². The van der Waals surface area contributed by atoms with Crippen LogP contribution in [0.3, 0.4) is 0 Å². The number of esters is 1. The standard InChI is InChI=1S/C19H30O4/c1-14-8-6-5-7-9-18(21)13-19(22-4)17(12-15(14)2)10-11-23-16(3)20/h5-8,14-15,17,19H,9-13H2,1-4H3. The number of ketones is 1. The first-order chi connectivity index (χ1) is 10.9. The van der Waals surface area contributed by atoms with Gasteiger partial charge in [-0.1, -0.05) is 38.2 Å². The van der Waals surface area contributed by atoms with Crippen molar-refractivity contribution >= 4 is 11.8 Å². The van der Waals surface area contributed by atoms with Gasteiger partial charge >= 0.3 is 5.97 Å². The van der Waals surface area contributed by atoms with E-state index in [1.807, 2.05) is 18.2 Å². The minimum atomic E-state index is -0.266. The van der Waals surface area contributed by atoms with E-state index in [9.17, 15) is 9.59 Å². The Labute approximate surface area is 139 Å². The van der Waals surface area contributed by atoms with Crippen LogP contribution >= 0.6 is 0 Å². The molecule has 0 aromatic rings. The highest BCUT2D eigenvalue weighted by Crippen LogP contribution is 2.29. The number of hydrogen-bond acceptors (Lipinski definition) is 4. The lowest BCUT2D eigenvalue weighted by Crippen LogP contribution is -2.29. The molecule has 130 valence electrons. The monoisotopic (exact) mass is 322 g/mol. The molecule has 0 heterocycles. The second kappa shape index (κ2) is 10.4. The van der Waals surface area contributed by atoms with E-state index in [0.29, 0.717) is 31.3 Å². The van der Waals surface area contributed by atoms with E-state index >= 15 is 0 Å². The molecule has 0 aromatic heterocycles. The Morgan fingerprint density at radius 1 is 1.30 bits per heavy atom. The molecule has 4 nitrogen and oxygen atoms in total. The zero-order valence-corrected chi connectivity index (χ0v) is 14.8. The summed E-state index contributed by atoms with van der Waals surface area (Å²) in [5.41, 5.74) is 0. The van der Waals surface area contributed by atoms with Gasteiger partial charge in [0.25, 0.3) is 0 Å². The first kappa shape index (κ1) is 19.6. The van der Waals surface area contributed by atoms with Crippen LogP contribution in [0, 0.1) is 17.8 Å². The van der Waals surface area contributed by atoms with Crippen LogP contribution in [0.15, 0.2) is 24.3 Å². The summed E-state index contributed by atoms with van der Waals surface area (Å²) in [4.78, 5) is 23.1. The summed E-state index contributed by atoms with van der Waals surface area (Å²) in [5.74, 6) is 1.04. The third-order valence-electron chi connectivity index (χ3n) is 4.63. The predicted molar refractivity (Wildman–Crippen MR) is 91.0 cm³/mol. The van der Waals surface area contributed by atoms with Gasteiger partial charge in [0.15, 0.2) is 0 Å². The Balaban J connectivity index is 2.85. The van der Waals surface area contributed by atoms with Gasteiger partial charge in [-0.3, -0.25) is 9.59 Å². The number of Topliss-reactive ketones (excluding diaryl/α,β-unsaturated/α-hetero) is 1. The van der Waals surface area contributed by atoms with Crippen LogP contribution in [0.1, 0.15) is 46.5 Å². The number of rotatable bonds is 4. The van der Waals surface area contributed by atoms with Gasteiger partial charge in [0.1, 0.15) is 5.78 Å². The molecule has 4 unspecified atom stereocenters. The lowest BCUT2D eigenvalue weighted by molar-refractivity contribution is -0.142. The first-order valence-electron chi connectivity index (χ1n) is 8.45. The number of hydrogen-bond donors (Lipinski definition) is 0. The van der Waals surface area contributed by atoms with Gasteiger partial charge in [-0.15, -0.1) is 0 Å². The van der Waals surface area contributed by atoms with Crippen molar-refractivity contribution in [3.63, 3.8) is 0 Å².